The van der Waals surface area contributed by atoms with E-state index in [-0.39, 0.29) is 18.8 Å². The highest BCUT2D eigenvalue weighted by molar-refractivity contribution is 5.33. The molecule has 0 aromatic rings. The first kappa shape index (κ1) is 13.2. The number of hydrogen-bond donors (Lipinski definition) is 3. The van der Waals surface area contributed by atoms with Gasteiger partial charge in [-0.15, -0.1) is 0 Å². The maximum absolute atomic E-state index is 10.7. The minimum Gasteiger partial charge on any atom is -0.396 e. The van der Waals surface area contributed by atoms with E-state index >= 15 is 0 Å². The number of ether oxygens (including phenoxy) is 2. The Kier molecular flexibility index (Phi) is 2.41. The largest absolute Gasteiger partial charge is 0.396 e. The highest BCUT2D eigenvalue weighted by Gasteiger charge is 2.82. The summed E-state index contributed by atoms with van der Waals surface area (Å²) in [5.41, 5.74) is -0.738. The van der Waals surface area contributed by atoms with Crippen LogP contribution < -0.4 is 0 Å². The minimum absolute atomic E-state index is 0.163. The molecule has 20 heavy (non-hydrogen) atoms. The molecule has 4 rings (SSSR count). The van der Waals surface area contributed by atoms with Gasteiger partial charge >= 0.3 is 0 Å². The van der Waals surface area contributed by atoms with E-state index in [1.807, 2.05) is 19.9 Å². The Bertz CT molecular complexity index is 485. The summed E-state index contributed by atoms with van der Waals surface area (Å²) in [4.78, 5) is 0. The second-order valence-electron chi connectivity index (χ2n) is 7.19. The predicted molar refractivity (Wildman–Crippen MR) is 70.0 cm³/mol. The third kappa shape index (κ3) is 1.15. The summed E-state index contributed by atoms with van der Waals surface area (Å²) >= 11 is 0. The molecule has 0 unspecified atom stereocenters. The molecule has 2 aliphatic carbocycles. The van der Waals surface area contributed by atoms with Crippen molar-refractivity contribution in [1.82, 2.24) is 0 Å². The Morgan fingerprint density at radius 3 is 2.70 bits per heavy atom. The zero-order chi connectivity index (χ0) is 14.3. The summed E-state index contributed by atoms with van der Waals surface area (Å²) in [6.07, 6.45) is 1.04. The fraction of sp³-hybridized carbons (Fsp3) is 0.867. The number of aliphatic hydroxyl groups excluding tert-OH is 3. The lowest BCUT2D eigenvalue weighted by molar-refractivity contribution is -0.248. The maximum atomic E-state index is 10.7. The first-order valence-corrected chi connectivity index (χ1v) is 7.35. The Morgan fingerprint density at radius 1 is 1.40 bits per heavy atom. The van der Waals surface area contributed by atoms with Crippen LogP contribution in [0.5, 0.6) is 0 Å². The molecule has 5 heteroatoms. The lowest BCUT2D eigenvalue weighted by Gasteiger charge is -2.59. The lowest BCUT2D eigenvalue weighted by Crippen LogP contribution is -2.68. The van der Waals surface area contributed by atoms with Gasteiger partial charge in [0.2, 0.25) is 0 Å². The maximum Gasteiger partial charge on any atom is 0.126 e. The molecule has 3 fully saturated rings. The Balaban J connectivity index is 1.91. The van der Waals surface area contributed by atoms with Crippen LogP contribution in [0.4, 0.5) is 0 Å². The van der Waals surface area contributed by atoms with Gasteiger partial charge in [0, 0.05) is 5.41 Å². The van der Waals surface area contributed by atoms with Crippen molar-refractivity contribution < 1.29 is 24.8 Å². The van der Waals surface area contributed by atoms with Crippen molar-refractivity contribution >= 4 is 0 Å². The van der Waals surface area contributed by atoms with Crippen LogP contribution in [0, 0.1) is 10.8 Å². The summed E-state index contributed by atoms with van der Waals surface area (Å²) in [6, 6.07) is 0. The van der Waals surface area contributed by atoms with E-state index in [2.05, 4.69) is 0 Å². The quantitative estimate of drug-likeness (QED) is 0.465. The molecule has 2 bridgehead atoms. The van der Waals surface area contributed by atoms with E-state index in [1.165, 1.54) is 0 Å². The molecule has 0 aromatic heterocycles. The second-order valence-corrected chi connectivity index (χ2v) is 7.19. The molecule has 5 nitrogen and oxygen atoms in total. The second kappa shape index (κ2) is 3.65. The lowest BCUT2D eigenvalue weighted by atomic mass is 9.51. The van der Waals surface area contributed by atoms with Crippen molar-refractivity contribution in [3.63, 3.8) is 0 Å². The van der Waals surface area contributed by atoms with Gasteiger partial charge in [0.25, 0.3) is 0 Å². The van der Waals surface area contributed by atoms with Crippen LogP contribution in [0.2, 0.25) is 0 Å². The van der Waals surface area contributed by atoms with Gasteiger partial charge in [-0.2, -0.15) is 0 Å². The summed E-state index contributed by atoms with van der Waals surface area (Å²) in [5, 5.41) is 31.3. The molecule has 0 radical (unpaired) electrons. The molecule has 0 amide bonds. The minimum atomic E-state index is -0.795. The third-order valence-electron chi connectivity index (χ3n) is 6.45. The molecule has 2 aliphatic heterocycles. The first-order valence-electron chi connectivity index (χ1n) is 7.35. The molecule has 0 aromatic carbocycles. The highest BCUT2D eigenvalue weighted by atomic mass is 16.6. The van der Waals surface area contributed by atoms with Crippen molar-refractivity contribution in [2.75, 3.05) is 13.2 Å². The van der Waals surface area contributed by atoms with E-state index in [9.17, 15) is 15.3 Å². The molecule has 112 valence electrons. The molecule has 1 saturated carbocycles. The molecule has 7 atom stereocenters. The van der Waals surface area contributed by atoms with Gasteiger partial charge in [-0.05, 0) is 19.8 Å². The Labute approximate surface area is 118 Å². The van der Waals surface area contributed by atoms with Gasteiger partial charge in [-0.1, -0.05) is 18.6 Å². The van der Waals surface area contributed by atoms with Crippen LogP contribution in [-0.4, -0.2) is 58.6 Å². The van der Waals surface area contributed by atoms with Crippen LogP contribution in [-0.2, 0) is 9.47 Å². The van der Waals surface area contributed by atoms with Crippen molar-refractivity contribution in [1.29, 1.82) is 0 Å². The van der Waals surface area contributed by atoms with Crippen LogP contribution in [0.1, 0.15) is 26.7 Å². The zero-order valence-corrected chi connectivity index (χ0v) is 11.9. The van der Waals surface area contributed by atoms with Crippen molar-refractivity contribution in [3.05, 3.63) is 11.6 Å². The van der Waals surface area contributed by atoms with Gasteiger partial charge in [-0.3, -0.25) is 0 Å². The zero-order valence-electron chi connectivity index (χ0n) is 11.9. The normalized spacial score (nSPS) is 60.4. The molecule has 3 N–H and O–H groups in total. The number of epoxide rings is 1. The summed E-state index contributed by atoms with van der Waals surface area (Å²) in [6.45, 7) is 4.37. The third-order valence-corrected chi connectivity index (χ3v) is 6.45. The van der Waals surface area contributed by atoms with E-state index < -0.39 is 28.6 Å². The standard InChI is InChI=1S/C15H22O5/c1-8-3-10(18)14(6-16)11(4-8)20-12-9(17)5-13(14,2)15(12)7-19-15/h4,9-12,16-18H,3,5-7H2,1-2H3/t9-,10-,11-,12-,13-,14+,15-/m1/s1. The first-order chi connectivity index (χ1) is 9.41. The van der Waals surface area contributed by atoms with E-state index in [0.29, 0.717) is 19.4 Å². The van der Waals surface area contributed by atoms with Crippen LogP contribution in [0.25, 0.3) is 0 Å². The smallest absolute Gasteiger partial charge is 0.126 e. The van der Waals surface area contributed by atoms with Crippen molar-refractivity contribution in [2.45, 2.75) is 56.7 Å². The van der Waals surface area contributed by atoms with Crippen LogP contribution >= 0.6 is 0 Å². The van der Waals surface area contributed by atoms with E-state index in [1.54, 1.807) is 0 Å². The highest BCUT2D eigenvalue weighted by Crippen LogP contribution is 2.71. The van der Waals surface area contributed by atoms with Crippen LogP contribution in [0.15, 0.2) is 11.6 Å². The summed E-state index contributed by atoms with van der Waals surface area (Å²) in [7, 11) is 0. The SMILES string of the molecule is CC1=C[C@H]2O[C@@H]3[C@H](O)C[C@](C)([C@@]2(CO)[C@H](O)C1)[C@@]31CO1. The summed E-state index contributed by atoms with van der Waals surface area (Å²) < 4.78 is 11.8. The molecular formula is C15H22O5. The molecule has 2 saturated heterocycles. The predicted octanol–water partition coefficient (Wildman–Crippen LogP) is -0.0167. The number of rotatable bonds is 1. The van der Waals surface area contributed by atoms with Crippen molar-refractivity contribution in [3.8, 4) is 0 Å². The number of aliphatic hydroxyl groups is 3. The number of fused-ring (bicyclic) bond motifs is 2. The van der Waals surface area contributed by atoms with E-state index in [4.69, 9.17) is 9.47 Å². The van der Waals surface area contributed by atoms with Gasteiger partial charge in [-0.25, -0.2) is 0 Å². The van der Waals surface area contributed by atoms with E-state index in [0.717, 1.165) is 5.57 Å². The fourth-order valence-electron chi connectivity index (χ4n) is 5.19. The van der Waals surface area contributed by atoms with Gasteiger partial charge in [0.05, 0.1) is 36.9 Å². The summed E-state index contributed by atoms with van der Waals surface area (Å²) in [5.74, 6) is 0. The van der Waals surface area contributed by atoms with Gasteiger partial charge in [0.15, 0.2) is 0 Å². The molecule has 2 heterocycles. The Hall–Kier alpha value is -0.460. The fourth-order valence-corrected chi connectivity index (χ4v) is 5.19. The number of hydrogen-bond acceptors (Lipinski definition) is 5. The van der Waals surface area contributed by atoms with Gasteiger partial charge in [0.1, 0.15) is 11.7 Å². The average Bonchev–Trinajstić information content (AvgIpc) is 3.12. The molecular weight excluding hydrogens is 260 g/mol. The van der Waals surface area contributed by atoms with Crippen LogP contribution in [0.3, 0.4) is 0 Å². The molecule has 1 spiro atoms. The average molecular weight is 282 g/mol. The molecule has 4 aliphatic rings. The van der Waals surface area contributed by atoms with Crippen molar-refractivity contribution in [2.24, 2.45) is 10.8 Å². The van der Waals surface area contributed by atoms with Gasteiger partial charge < -0.3 is 24.8 Å². The Morgan fingerprint density at radius 2 is 2.10 bits per heavy atom. The monoisotopic (exact) mass is 282 g/mol. The topological polar surface area (TPSA) is 82.5 Å².